The fourth-order valence-corrected chi connectivity index (χ4v) is 4.87. The summed E-state index contributed by atoms with van der Waals surface area (Å²) < 4.78 is 5.29. The first kappa shape index (κ1) is 23.0. The minimum atomic E-state index is -0.796. The Hall–Kier alpha value is -2.67. The number of hydrogen-bond acceptors (Lipinski definition) is 5. The maximum Gasteiger partial charge on any atom is 0.310 e. The van der Waals surface area contributed by atoms with Crippen LogP contribution in [0.2, 0.25) is 0 Å². The minimum Gasteiger partial charge on any atom is -0.466 e. The van der Waals surface area contributed by atoms with Gasteiger partial charge in [0.1, 0.15) is 6.04 Å². The molecule has 1 heterocycles. The first-order chi connectivity index (χ1) is 14.8. The Labute approximate surface area is 183 Å². The molecule has 2 aliphatic rings. The summed E-state index contributed by atoms with van der Waals surface area (Å²) in [5.41, 5.74) is 2.63. The van der Waals surface area contributed by atoms with Gasteiger partial charge in [-0.05, 0) is 50.3 Å². The molecule has 1 aromatic carbocycles. The monoisotopic (exact) mass is 428 g/mol. The summed E-state index contributed by atoms with van der Waals surface area (Å²) in [6, 6.07) is 5.00. The van der Waals surface area contributed by atoms with Crippen LogP contribution in [0.1, 0.15) is 31.4 Å². The smallest absolute Gasteiger partial charge is 0.310 e. The van der Waals surface area contributed by atoms with Gasteiger partial charge < -0.3 is 20.1 Å². The van der Waals surface area contributed by atoms with Gasteiger partial charge in [-0.3, -0.25) is 14.4 Å². The molecule has 0 radical (unpaired) electrons. The molecule has 1 saturated heterocycles. The highest BCUT2D eigenvalue weighted by Gasteiger charge is 2.57. The predicted molar refractivity (Wildman–Crippen MR) is 117 cm³/mol. The highest BCUT2D eigenvalue weighted by Crippen LogP contribution is 2.45. The van der Waals surface area contributed by atoms with Gasteiger partial charge in [0.25, 0.3) is 0 Å². The maximum absolute atomic E-state index is 13.4. The van der Waals surface area contributed by atoms with Crippen molar-refractivity contribution in [3.63, 3.8) is 0 Å². The van der Waals surface area contributed by atoms with Crippen LogP contribution in [-0.4, -0.2) is 53.6 Å². The van der Waals surface area contributed by atoms with Crippen LogP contribution in [-0.2, 0) is 19.1 Å². The number of fused-ring (bicyclic) bond motifs is 1. The average Bonchev–Trinajstić information content (AvgIpc) is 3.02. The number of allylic oxidation sites excluding steroid dienone is 1. The fraction of sp³-hybridized carbons (Fsp3) is 0.542. The van der Waals surface area contributed by atoms with E-state index in [0.717, 1.165) is 11.1 Å². The van der Waals surface area contributed by atoms with Crippen LogP contribution >= 0.6 is 0 Å². The number of nitrogens with one attached hydrogen (secondary N) is 1. The third-order valence-electron chi connectivity index (χ3n) is 6.40. The standard InChI is InChI=1S/C24H32N2O5/c1-5-16-9-10-17-20(19(16)24(30)31-6-2)23(29)26(11-12-27)21(17)22(28)25-18-13-14(3)7-8-15(18)4/h7-10,13,16-17,19-21,27H,5-6,11-12H2,1-4H3,(H,25,28)/t16-,17+,19-,20-,21+/m1/s1. The second-order valence-corrected chi connectivity index (χ2v) is 8.35. The Morgan fingerprint density at radius 1 is 1.19 bits per heavy atom. The Kier molecular flexibility index (Phi) is 7.15. The molecule has 1 aromatic rings. The Bertz CT molecular complexity index is 881. The number of aryl methyl sites for hydroxylation is 2. The number of amides is 2. The van der Waals surface area contributed by atoms with E-state index >= 15 is 0 Å². The zero-order valence-electron chi connectivity index (χ0n) is 18.6. The number of likely N-dealkylation sites (tertiary alicyclic amines) is 1. The van der Waals surface area contributed by atoms with Gasteiger partial charge in [0.05, 0.1) is 25.0 Å². The molecule has 7 heteroatoms. The van der Waals surface area contributed by atoms with Gasteiger partial charge in [-0.25, -0.2) is 0 Å². The highest BCUT2D eigenvalue weighted by molar-refractivity contribution is 6.02. The molecule has 0 aromatic heterocycles. The van der Waals surface area contributed by atoms with Crippen molar-refractivity contribution in [2.45, 2.75) is 40.2 Å². The summed E-state index contributed by atoms with van der Waals surface area (Å²) in [6.07, 6.45) is 4.53. The van der Waals surface area contributed by atoms with Crippen LogP contribution in [0, 0.1) is 37.5 Å². The molecule has 0 saturated carbocycles. The van der Waals surface area contributed by atoms with E-state index in [2.05, 4.69) is 5.32 Å². The lowest BCUT2D eigenvalue weighted by molar-refractivity contribution is -0.155. The lowest BCUT2D eigenvalue weighted by Crippen LogP contribution is -2.45. The minimum absolute atomic E-state index is 0.0386. The average molecular weight is 429 g/mol. The van der Waals surface area contributed by atoms with Crippen LogP contribution in [0.3, 0.4) is 0 Å². The fourth-order valence-electron chi connectivity index (χ4n) is 4.87. The number of esters is 1. The Morgan fingerprint density at radius 3 is 2.58 bits per heavy atom. The number of aliphatic hydroxyl groups excluding tert-OH is 1. The first-order valence-corrected chi connectivity index (χ1v) is 11.0. The number of aliphatic hydroxyl groups is 1. The maximum atomic E-state index is 13.4. The molecule has 31 heavy (non-hydrogen) atoms. The molecule has 2 N–H and O–H groups in total. The molecule has 2 amide bonds. The molecule has 5 atom stereocenters. The number of ether oxygens (including phenoxy) is 1. The molecular weight excluding hydrogens is 396 g/mol. The van der Waals surface area contributed by atoms with Crippen molar-refractivity contribution in [1.29, 1.82) is 0 Å². The van der Waals surface area contributed by atoms with Crippen LogP contribution in [0.4, 0.5) is 5.69 Å². The van der Waals surface area contributed by atoms with E-state index in [0.29, 0.717) is 12.1 Å². The zero-order valence-corrected chi connectivity index (χ0v) is 18.6. The van der Waals surface area contributed by atoms with Gasteiger partial charge in [-0.2, -0.15) is 0 Å². The highest BCUT2D eigenvalue weighted by atomic mass is 16.5. The lowest BCUT2D eigenvalue weighted by Gasteiger charge is -2.33. The predicted octanol–water partition coefficient (Wildman–Crippen LogP) is 2.45. The molecule has 0 spiro atoms. The topological polar surface area (TPSA) is 95.9 Å². The van der Waals surface area contributed by atoms with Crippen LogP contribution in [0.15, 0.2) is 30.4 Å². The van der Waals surface area contributed by atoms with E-state index in [4.69, 9.17) is 4.74 Å². The summed E-state index contributed by atoms with van der Waals surface area (Å²) in [7, 11) is 0. The summed E-state index contributed by atoms with van der Waals surface area (Å²) in [6.45, 7) is 7.58. The van der Waals surface area contributed by atoms with Crippen molar-refractivity contribution in [2.24, 2.45) is 23.7 Å². The Morgan fingerprint density at radius 2 is 1.94 bits per heavy atom. The van der Waals surface area contributed by atoms with Crippen molar-refractivity contribution < 1.29 is 24.2 Å². The number of anilines is 1. The quantitative estimate of drug-likeness (QED) is 0.514. The third-order valence-corrected chi connectivity index (χ3v) is 6.40. The molecule has 7 nitrogen and oxygen atoms in total. The van der Waals surface area contributed by atoms with E-state index in [1.807, 2.05) is 51.1 Å². The van der Waals surface area contributed by atoms with Gasteiger partial charge in [0.2, 0.25) is 11.8 Å². The van der Waals surface area contributed by atoms with Gasteiger partial charge in [-0.15, -0.1) is 0 Å². The van der Waals surface area contributed by atoms with E-state index in [9.17, 15) is 19.5 Å². The second-order valence-electron chi connectivity index (χ2n) is 8.35. The van der Waals surface area contributed by atoms with Crippen molar-refractivity contribution in [2.75, 3.05) is 25.1 Å². The van der Waals surface area contributed by atoms with Gasteiger partial charge >= 0.3 is 5.97 Å². The summed E-state index contributed by atoms with van der Waals surface area (Å²) >= 11 is 0. The van der Waals surface area contributed by atoms with Gasteiger partial charge in [0.15, 0.2) is 0 Å². The molecule has 0 bridgehead atoms. The molecule has 1 aliphatic heterocycles. The van der Waals surface area contributed by atoms with E-state index in [-0.39, 0.29) is 37.5 Å². The van der Waals surface area contributed by atoms with Crippen LogP contribution in [0.25, 0.3) is 0 Å². The van der Waals surface area contributed by atoms with E-state index < -0.39 is 29.8 Å². The van der Waals surface area contributed by atoms with Crippen LogP contribution < -0.4 is 5.32 Å². The largest absolute Gasteiger partial charge is 0.466 e. The van der Waals surface area contributed by atoms with E-state index in [1.165, 1.54) is 4.90 Å². The SMILES string of the molecule is CCOC(=O)[C@H]1[C@@H]2C(=O)N(CCO)[C@H](C(=O)Nc3cc(C)ccc3C)[C@H]2C=C[C@H]1CC. The zero-order chi connectivity index (χ0) is 22.7. The van der Waals surface area contributed by atoms with Crippen LogP contribution in [0.5, 0.6) is 0 Å². The van der Waals surface area contributed by atoms with Gasteiger partial charge in [0, 0.05) is 18.2 Å². The number of β-amino-alcohol motifs (C(OH)–C–C–N with tert-alkyl or cyclic N) is 1. The normalized spacial score (nSPS) is 27.2. The second kappa shape index (κ2) is 9.64. The first-order valence-electron chi connectivity index (χ1n) is 11.0. The van der Waals surface area contributed by atoms with E-state index in [1.54, 1.807) is 6.92 Å². The van der Waals surface area contributed by atoms with Crippen molar-refractivity contribution in [3.8, 4) is 0 Å². The molecular formula is C24H32N2O5. The molecule has 1 fully saturated rings. The lowest BCUT2D eigenvalue weighted by atomic mass is 9.69. The van der Waals surface area contributed by atoms with Gasteiger partial charge in [-0.1, -0.05) is 31.2 Å². The summed E-state index contributed by atoms with van der Waals surface area (Å²) in [4.78, 5) is 41.0. The number of hydrogen-bond donors (Lipinski definition) is 2. The molecule has 168 valence electrons. The molecule has 3 rings (SSSR count). The summed E-state index contributed by atoms with van der Waals surface area (Å²) in [5, 5.41) is 12.5. The summed E-state index contributed by atoms with van der Waals surface area (Å²) in [5.74, 6) is -2.88. The van der Waals surface area contributed by atoms with Crippen molar-refractivity contribution in [3.05, 3.63) is 41.5 Å². The van der Waals surface area contributed by atoms with Crippen molar-refractivity contribution >= 4 is 23.5 Å². The Balaban J connectivity index is 1.97. The number of carbonyl (C=O) groups is 3. The molecule has 0 unspecified atom stereocenters. The van der Waals surface area contributed by atoms with Crippen molar-refractivity contribution in [1.82, 2.24) is 4.90 Å². The molecule has 1 aliphatic carbocycles. The number of nitrogens with zero attached hydrogens (tertiary/aromatic N) is 1. The number of rotatable bonds is 7. The number of carbonyl (C=O) groups excluding carboxylic acids is 3. The third kappa shape index (κ3) is 4.37. The number of benzene rings is 1.